The molecule has 0 bridgehead atoms. The Balaban J connectivity index is 2.83. The van der Waals surface area contributed by atoms with E-state index in [1.54, 1.807) is 25.3 Å². The molecule has 0 amide bonds. The number of rotatable bonds is 2. The van der Waals surface area contributed by atoms with Crippen LogP contribution < -0.4 is 0 Å². The van der Waals surface area contributed by atoms with Gasteiger partial charge in [-0.3, -0.25) is 4.98 Å². The van der Waals surface area contributed by atoms with Gasteiger partial charge in [0.15, 0.2) is 0 Å². The second kappa shape index (κ2) is 3.46. The monoisotopic (exact) mass is 153 g/mol. The topological polar surface area (TPSA) is 53.4 Å². The van der Waals surface area contributed by atoms with Crippen LogP contribution in [0.1, 0.15) is 24.3 Å². The predicted octanol–water partition coefficient (Wildman–Crippen LogP) is 0.627. The summed E-state index contributed by atoms with van der Waals surface area (Å²) in [5.74, 6) is 0. The molecule has 0 radical (unpaired) electrons. The van der Waals surface area contributed by atoms with Crippen molar-refractivity contribution in [2.45, 2.75) is 19.6 Å². The Labute approximate surface area is 65.3 Å². The van der Waals surface area contributed by atoms with Gasteiger partial charge in [0, 0.05) is 6.20 Å². The summed E-state index contributed by atoms with van der Waals surface area (Å²) in [5, 5.41) is 17.7. The van der Waals surface area contributed by atoms with E-state index in [1.165, 1.54) is 0 Å². The van der Waals surface area contributed by atoms with Gasteiger partial charge in [-0.1, -0.05) is 6.07 Å². The van der Waals surface area contributed by atoms with E-state index in [0.717, 1.165) is 5.56 Å². The second-order valence-corrected chi connectivity index (χ2v) is 2.42. The maximum atomic E-state index is 9.08. The maximum absolute atomic E-state index is 9.08. The first-order valence-electron chi connectivity index (χ1n) is 3.48. The molecule has 2 N–H and O–H groups in total. The predicted molar refractivity (Wildman–Crippen MR) is 40.8 cm³/mol. The lowest BCUT2D eigenvalue weighted by molar-refractivity contribution is 0.198. The lowest BCUT2D eigenvalue weighted by Crippen LogP contribution is -1.94. The summed E-state index contributed by atoms with van der Waals surface area (Å²) in [6.07, 6.45) is 1.08. The molecule has 0 aliphatic carbocycles. The minimum atomic E-state index is -0.491. The van der Waals surface area contributed by atoms with E-state index in [0.29, 0.717) is 5.69 Å². The third kappa shape index (κ3) is 2.00. The molecule has 1 aromatic heterocycles. The molecule has 0 aromatic carbocycles. The fourth-order valence-corrected chi connectivity index (χ4v) is 0.777. The van der Waals surface area contributed by atoms with Crippen LogP contribution in [0, 0.1) is 0 Å². The van der Waals surface area contributed by atoms with Crippen LogP contribution in [-0.4, -0.2) is 15.2 Å². The van der Waals surface area contributed by atoms with Gasteiger partial charge in [0.05, 0.1) is 18.4 Å². The van der Waals surface area contributed by atoms with Gasteiger partial charge in [-0.05, 0) is 18.6 Å². The van der Waals surface area contributed by atoms with Gasteiger partial charge < -0.3 is 10.2 Å². The van der Waals surface area contributed by atoms with Crippen LogP contribution in [0.15, 0.2) is 18.3 Å². The number of nitrogens with zero attached hydrogens (tertiary/aromatic N) is 1. The Morgan fingerprint density at radius 2 is 2.27 bits per heavy atom. The van der Waals surface area contributed by atoms with Gasteiger partial charge in [-0.25, -0.2) is 0 Å². The maximum Gasteiger partial charge on any atom is 0.0852 e. The van der Waals surface area contributed by atoms with E-state index in [2.05, 4.69) is 4.98 Å². The zero-order chi connectivity index (χ0) is 8.27. The van der Waals surface area contributed by atoms with Crippen LogP contribution in [0.5, 0.6) is 0 Å². The van der Waals surface area contributed by atoms with Crippen molar-refractivity contribution in [3.63, 3.8) is 0 Å². The molecule has 3 nitrogen and oxygen atoms in total. The molecule has 3 heteroatoms. The Hall–Kier alpha value is -0.930. The standard InChI is InChI=1S/C8H11NO2/c1-6(11)7-2-3-8(5-10)9-4-7/h2-4,6,10-11H,5H2,1H3. The first kappa shape index (κ1) is 8.17. The molecular formula is C8H11NO2. The summed E-state index contributed by atoms with van der Waals surface area (Å²) in [6.45, 7) is 1.62. The number of aliphatic hydroxyl groups is 2. The lowest BCUT2D eigenvalue weighted by atomic mass is 10.2. The van der Waals surface area contributed by atoms with E-state index in [9.17, 15) is 0 Å². The molecule has 11 heavy (non-hydrogen) atoms. The molecule has 1 rings (SSSR count). The highest BCUT2D eigenvalue weighted by Gasteiger charge is 1.99. The molecule has 1 atom stereocenters. The number of aliphatic hydroxyl groups excluding tert-OH is 2. The van der Waals surface area contributed by atoms with Gasteiger partial charge in [-0.2, -0.15) is 0 Å². The minimum absolute atomic E-state index is 0.0555. The zero-order valence-electron chi connectivity index (χ0n) is 6.36. The normalized spacial score (nSPS) is 13.0. The van der Waals surface area contributed by atoms with E-state index in [1.807, 2.05) is 0 Å². The van der Waals surface area contributed by atoms with Gasteiger partial charge in [0.2, 0.25) is 0 Å². The molecule has 1 aromatic rings. The van der Waals surface area contributed by atoms with Crippen molar-refractivity contribution in [3.05, 3.63) is 29.6 Å². The Morgan fingerprint density at radius 3 is 2.64 bits per heavy atom. The highest BCUT2D eigenvalue weighted by Crippen LogP contribution is 2.09. The van der Waals surface area contributed by atoms with Crippen molar-refractivity contribution in [1.29, 1.82) is 0 Å². The Bertz CT molecular complexity index is 218. The Morgan fingerprint density at radius 1 is 1.55 bits per heavy atom. The van der Waals surface area contributed by atoms with Crippen LogP contribution in [0.2, 0.25) is 0 Å². The average Bonchev–Trinajstić information content (AvgIpc) is 2.05. The summed E-state index contributed by atoms with van der Waals surface area (Å²) in [6, 6.07) is 3.45. The van der Waals surface area contributed by atoms with E-state index in [-0.39, 0.29) is 6.61 Å². The van der Waals surface area contributed by atoms with Crippen LogP contribution in [-0.2, 0) is 6.61 Å². The van der Waals surface area contributed by atoms with E-state index in [4.69, 9.17) is 10.2 Å². The quantitative estimate of drug-likeness (QED) is 0.655. The smallest absolute Gasteiger partial charge is 0.0852 e. The molecule has 1 unspecified atom stereocenters. The SMILES string of the molecule is CC(O)c1ccc(CO)nc1. The highest BCUT2D eigenvalue weighted by atomic mass is 16.3. The third-order valence-corrected chi connectivity index (χ3v) is 1.49. The van der Waals surface area contributed by atoms with Crippen molar-refractivity contribution >= 4 is 0 Å². The Kier molecular flexibility index (Phi) is 2.57. The third-order valence-electron chi connectivity index (χ3n) is 1.49. The second-order valence-electron chi connectivity index (χ2n) is 2.42. The fraction of sp³-hybridized carbons (Fsp3) is 0.375. The lowest BCUT2D eigenvalue weighted by Gasteiger charge is -2.03. The van der Waals surface area contributed by atoms with Gasteiger partial charge in [-0.15, -0.1) is 0 Å². The molecule has 0 aliphatic rings. The van der Waals surface area contributed by atoms with Gasteiger partial charge in [0.1, 0.15) is 0 Å². The van der Waals surface area contributed by atoms with E-state index >= 15 is 0 Å². The highest BCUT2D eigenvalue weighted by molar-refractivity contribution is 5.15. The fourth-order valence-electron chi connectivity index (χ4n) is 0.777. The van der Waals surface area contributed by atoms with Crippen molar-refractivity contribution in [1.82, 2.24) is 4.98 Å². The van der Waals surface area contributed by atoms with Crippen molar-refractivity contribution in [3.8, 4) is 0 Å². The molecule has 60 valence electrons. The van der Waals surface area contributed by atoms with Crippen LogP contribution >= 0.6 is 0 Å². The number of hydrogen-bond donors (Lipinski definition) is 2. The zero-order valence-corrected chi connectivity index (χ0v) is 6.36. The number of hydrogen-bond acceptors (Lipinski definition) is 3. The summed E-state index contributed by atoms with van der Waals surface area (Å²) in [7, 11) is 0. The van der Waals surface area contributed by atoms with Gasteiger partial charge in [0.25, 0.3) is 0 Å². The largest absolute Gasteiger partial charge is 0.390 e. The van der Waals surface area contributed by atoms with Crippen molar-refractivity contribution in [2.24, 2.45) is 0 Å². The number of pyridine rings is 1. The van der Waals surface area contributed by atoms with Crippen molar-refractivity contribution in [2.75, 3.05) is 0 Å². The van der Waals surface area contributed by atoms with Crippen molar-refractivity contribution < 1.29 is 10.2 Å². The van der Waals surface area contributed by atoms with Crippen LogP contribution in [0.4, 0.5) is 0 Å². The molecule has 0 aliphatic heterocycles. The number of aromatic nitrogens is 1. The summed E-state index contributed by atoms with van der Waals surface area (Å²) < 4.78 is 0. The summed E-state index contributed by atoms with van der Waals surface area (Å²) >= 11 is 0. The van der Waals surface area contributed by atoms with Crippen LogP contribution in [0.25, 0.3) is 0 Å². The molecule has 0 spiro atoms. The first-order chi connectivity index (χ1) is 5.24. The average molecular weight is 153 g/mol. The van der Waals surface area contributed by atoms with Gasteiger partial charge >= 0.3 is 0 Å². The molecule has 0 saturated heterocycles. The first-order valence-corrected chi connectivity index (χ1v) is 3.48. The molecular weight excluding hydrogens is 142 g/mol. The van der Waals surface area contributed by atoms with E-state index < -0.39 is 6.10 Å². The summed E-state index contributed by atoms with van der Waals surface area (Å²) in [5.41, 5.74) is 1.39. The molecule has 1 heterocycles. The minimum Gasteiger partial charge on any atom is -0.390 e. The molecule has 0 fully saturated rings. The summed E-state index contributed by atoms with van der Waals surface area (Å²) in [4.78, 5) is 3.91. The molecule has 0 saturated carbocycles. The van der Waals surface area contributed by atoms with Crippen LogP contribution in [0.3, 0.4) is 0 Å².